The Morgan fingerprint density at radius 2 is 1.95 bits per heavy atom. The molecule has 1 heterocycles. The van der Waals surface area contributed by atoms with Crippen LogP contribution < -0.4 is 10.6 Å². The largest absolute Gasteiger partial charge is 0.382 e. The average Bonchev–Trinajstić information content (AvgIpc) is 2.39. The highest BCUT2D eigenvalue weighted by atomic mass is 15.2. The predicted octanol–water partition coefficient (Wildman–Crippen LogP) is 2.33. The van der Waals surface area contributed by atoms with Gasteiger partial charge in [0.05, 0.1) is 0 Å². The van der Waals surface area contributed by atoms with Crippen LogP contribution in [0.15, 0.2) is 6.07 Å². The minimum absolute atomic E-state index is 0.00895. The lowest BCUT2D eigenvalue weighted by Gasteiger charge is -2.25. The van der Waals surface area contributed by atoms with E-state index in [1.165, 1.54) is 0 Å². The van der Waals surface area contributed by atoms with Crippen molar-refractivity contribution in [2.75, 3.05) is 18.0 Å². The van der Waals surface area contributed by atoms with Crippen LogP contribution in [0.1, 0.15) is 45.0 Å². The Bertz CT molecular complexity index is 426. The van der Waals surface area contributed by atoms with Crippen molar-refractivity contribution in [3.8, 4) is 0 Å². The molecule has 1 aromatic heterocycles. The highest BCUT2D eigenvalue weighted by Gasteiger charge is 2.14. The highest BCUT2D eigenvalue weighted by molar-refractivity contribution is 5.93. The van der Waals surface area contributed by atoms with E-state index in [0.717, 1.165) is 31.6 Å². The summed E-state index contributed by atoms with van der Waals surface area (Å²) in [6.45, 7) is 10.2. The smallest absolute Gasteiger partial charge is 0.226 e. The van der Waals surface area contributed by atoms with Crippen molar-refractivity contribution < 1.29 is 0 Å². The van der Waals surface area contributed by atoms with Gasteiger partial charge in [-0.25, -0.2) is 9.97 Å². The minimum Gasteiger partial charge on any atom is -0.382 e. The molecule has 19 heavy (non-hydrogen) atoms. The summed E-state index contributed by atoms with van der Waals surface area (Å²) in [4.78, 5) is 11.0. The second-order valence-corrected chi connectivity index (χ2v) is 4.83. The zero-order chi connectivity index (χ0) is 14.4. The summed E-state index contributed by atoms with van der Waals surface area (Å²) in [6.07, 6.45) is 2.30. The molecule has 5 nitrogen and oxygen atoms in total. The Balaban J connectivity index is 3.00. The van der Waals surface area contributed by atoms with E-state index >= 15 is 0 Å². The average molecular weight is 263 g/mol. The minimum atomic E-state index is -0.00895. The third kappa shape index (κ3) is 4.19. The van der Waals surface area contributed by atoms with Gasteiger partial charge in [0.25, 0.3) is 0 Å². The van der Waals surface area contributed by atoms with Crippen molar-refractivity contribution in [1.29, 1.82) is 5.41 Å². The first-order valence-electron chi connectivity index (χ1n) is 6.96. The summed E-state index contributed by atoms with van der Waals surface area (Å²) in [5.41, 5.74) is 6.87. The van der Waals surface area contributed by atoms with Gasteiger partial charge in [0, 0.05) is 18.8 Å². The van der Waals surface area contributed by atoms with E-state index in [0.29, 0.717) is 17.6 Å². The molecular formula is C14H25N5. The number of hydrogen-bond donors (Lipinski definition) is 2. The van der Waals surface area contributed by atoms with E-state index in [4.69, 9.17) is 11.1 Å². The van der Waals surface area contributed by atoms with Gasteiger partial charge in [0.1, 0.15) is 11.5 Å². The molecule has 0 aromatic carbocycles. The summed E-state index contributed by atoms with van der Waals surface area (Å²) < 4.78 is 0. The van der Waals surface area contributed by atoms with Crippen LogP contribution in [0.25, 0.3) is 0 Å². The van der Waals surface area contributed by atoms with Crippen LogP contribution in [-0.4, -0.2) is 28.9 Å². The van der Waals surface area contributed by atoms with Gasteiger partial charge in [-0.15, -0.1) is 0 Å². The maximum atomic E-state index is 7.51. The van der Waals surface area contributed by atoms with Crippen LogP contribution in [0.5, 0.6) is 0 Å². The first-order chi connectivity index (χ1) is 9.01. The summed E-state index contributed by atoms with van der Waals surface area (Å²) in [5, 5.41) is 7.51. The number of hydrogen-bond acceptors (Lipinski definition) is 4. The molecule has 0 unspecified atom stereocenters. The van der Waals surface area contributed by atoms with Crippen LogP contribution in [0.2, 0.25) is 0 Å². The Morgan fingerprint density at radius 1 is 1.32 bits per heavy atom. The van der Waals surface area contributed by atoms with E-state index < -0.39 is 0 Å². The number of anilines is 1. The number of nitrogens with two attached hydrogens (primary N) is 1. The number of rotatable bonds is 7. The number of aryl methyl sites for hydroxylation is 1. The number of amidine groups is 1. The van der Waals surface area contributed by atoms with Gasteiger partial charge in [0.2, 0.25) is 5.95 Å². The maximum Gasteiger partial charge on any atom is 0.226 e. The lowest BCUT2D eigenvalue weighted by Crippen LogP contribution is -2.31. The Kier molecular flexibility index (Phi) is 5.73. The molecule has 106 valence electrons. The van der Waals surface area contributed by atoms with E-state index in [1.54, 1.807) is 6.07 Å². The van der Waals surface area contributed by atoms with Gasteiger partial charge in [-0.05, 0) is 25.8 Å². The zero-order valence-electron chi connectivity index (χ0n) is 12.4. The number of aromatic nitrogens is 2. The molecule has 0 spiro atoms. The number of nitrogens with zero attached hydrogens (tertiary/aromatic N) is 3. The summed E-state index contributed by atoms with van der Waals surface area (Å²) >= 11 is 0. The van der Waals surface area contributed by atoms with Gasteiger partial charge in [-0.3, -0.25) is 5.41 Å². The third-order valence-corrected chi connectivity index (χ3v) is 3.42. The molecule has 0 aliphatic carbocycles. The molecule has 0 saturated heterocycles. The molecule has 1 rings (SSSR count). The van der Waals surface area contributed by atoms with Crippen LogP contribution in [0.3, 0.4) is 0 Å². The predicted molar refractivity (Wildman–Crippen MR) is 79.7 cm³/mol. The molecule has 0 aliphatic heterocycles. The van der Waals surface area contributed by atoms with E-state index in [-0.39, 0.29) is 5.84 Å². The van der Waals surface area contributed by atoms with Crippen LogP contribution >= 0.6 is 0 Å². The topological polar surface area (TPSA) is 78.9 Å². The first kappa shape index (κ1) is 15.4. The van der Waals surface area contributed by atoms with Crippen LogP contribution in [0, 0.1) is 18.3 Å². The van der Waals surface area contributed by atoms with E-state index in [1.807, 2.05) is 6.92 Å². The van der Waals surface area contributed by atoms with Crippen molar-refractivity contribution in [3.05, 3.63) is 17.5 Å². The lowest BCUT2D eigenvalue weighted by molar-refractivity contribution is 0.482. The standard InChI is InChI=1S/C14H25N5/c1-5-11(6-2)9-19(7-3)14-17-10(4)8-12(18-14)13(15)16/h8,11H,5-7,9H2,1-4H3,(H3,15,16). The van der Waals surface area contributed by atoms with Crippen molar-refractivity contribution in [2.45, 2.75) is 40.5 Å². The zero-order valence-corrected chi connectivity index (χ0v) is 12.4. The molecule has 1 aromatic rings. The summed E-state index contributed by atoms with van der Waals surface area (Å²) in [7, 11) is 0. The van der Waals surface area contributed by atoms with Crippen molar-refractivity contribution in [2.24, 2.45) is 11.7 Å². The van der Waals surface area contributed by atoms with E-state index in [2.05, 4.69) is 35.6 Å². The van der Waals surface area contributed by atoms with E-state index in [9.17, 15) is 0 Å². The SMILES string of the molecule is CCC(CC)CN(CC)c1nc(C)cc(C(=N)N)n1. The van der Waals surface area contributed by atoms with Crippen LogP contribution in [0.4, 0.5) is 5.95 Å². The Hall–Kier alpha value is -1.65. The second-order valence-electron chi connectivity index (χ2n) is 4.83. The fraction of sp³-hybridized carbons (Fsp3) is 0.643. The fourth-order valence-electron chi connectivity index (χ4n) is 2.04. The van der Waals surface area contributed by atoms with Gasteiger partial charge >= 0.3 is 0 Å². The number of nitrogens with one attached hydrogen (secondary N) is 1. The molecule has 0 aliphatic rings. The Morgan fingerprint density at radius 3 is 2.42 bits per heavy atom. The summed E-state index contributed by atoms with van der Waals surface area (Å²) in [6, 6.07) is 1.75. The molecule has 0 bridgehead atoms. The molecular weight excluding hydrogens is 238 g/mol. The molecule has 0 saturated carbocycles. The normalized spacial score (nSPS) is 10.8. The van der Waals surface area contributed by atoms with Gasteiger partial charge in [-0.1, -0.05) is 26.7 Å². The molecule has 0 atom stereocenters. The molecule has 0 radical (unpaired) electrons. The monoisotopic (exact) mass is 263 g/mol. The van der Waals surface area contributed by atoms with Gasteiger partial charge in [0.15, 0.2) is 0 Å². The van der Waals surface area contributed by atoms with Crippen LogP contribution in [-0.2, 0) is 0 Å². The quantitative estimate of drug-likeness (QED) is 0.584. The first-order valence-corrected chi connectivity index (χ1v) is 6.96. The molecule has 3 N–H and O–H groups in total. The highest BCUT2D eigenvalue weighted by Crippen LogP contribution is 2.15. The fourth-order valence-corrected chi connectivity index (χ4v) is 2.04. The number of nitrogen functional groups attached to an aromatic ring is 1. The van der Waals surface area contributed by atoms with Crippen molar-refractivity contribution >= 4 is 11.8 Å². The third-order valence-electron chi connectivity index (χ3n) is 3.42. The van der Waals surface area contributed by atoms with Crippen molar-refractivity contribution in [3.63, 3.8) is 0 Å². The summed E-state index contributed by atoms with van der Waals surface area (Å²) in [5.74, 6) is 1.31. The maximum absolute atomic E-state index is 7.51. The lowest BCUT2D eigenvalue weighted by atomic mass is 10.0. The van der Waals surface area contributed by atoms with Gasteiger partial charge in [-0.2, -0.15) is 0 Å². The van der Waals surface area contributed by atoms with Gasteiger partial charge < -0.3 is 10.6 Å². The Labute approximate surface area is 115 Å². The molecule has 5 heteroatoms. The second kappa shape index (κ2) is 7.07. The molecule has 0 amide bonds. The molecule has 0 fully saturated rings. The van der Waals surface area contributed by atoms with Crippen molar-refractivity contribution in [1.82, 2.24) is 9.97 Å².